The molecule has 2 heterocycles. The lowest BCUT2D eigenvalue weighted by Crippen LogP contribution is -2.29. The van der Waals surface area contributed by atoms with Crippen LogP contribution in [0.2, 0.25) is 0 Å². The lowest BCUT2D eigenvalue weighted by atomic mass is 9.84. The van der Waals surface area contributed by atoms with Gasteiger partial charge in [-0.15, -0.1) is 0 Å². The van der Waals surface area contributed by atoms with Gasteiger partial charge in [0.2, 0.25) is 0 Å². The van der Waals surface area contributed by atoms with Gasteiger partial charge in [0.1, 0.15) is 18.8 Å². The molecule has 0 radical (unpaired) electrons. The van der Waals surface area contributed by atoms with Gasteiger partial charge in [-0.25, -0.2) is 9.59 Å². The predicted molar refractivity (Wildman–Crippen MR) is 104 cm³/mol. The van der Waals surface area contributed by atoms with Gasteiger partial charge in [-0.3, -0.25) is 0 Å². The van der Waals surface area contributed by atoms with Gasteiger partial charge in [-0.2, -0.15) is 13.2 Å². The van der Waals surface area contributed by atoms with Gasteiger partial charge in [-0.05, 0) is 62.4 Å². The first-order valence-electron chi connectivity index (χ1n) is 10.2. The molecule has 5 nitrogen and oxygen atoms in total. The monoisotopic (exact) mass is 436 g/mol. The molecule has 8 heteroatoms. The van der Waals surface area contributed by atoms with Crippen LogP contribution < -0.4 is 0 Å². The quantitative estimate of drug-likeness (QED) is 0.300. The van der Waals surface area contributed by atoms with E-state index in [9.17, 15) is 22.8 Å². The zero-order valence-electron chi connectivity index (χ0n) is 17.0. The molecule has 0 amide bonds. The van der Waals surface area contributed by atoms with E-state index < -0.39 is 23.7 Å². The third-order valence-corrected chi connectivity index (χ3v) is 6.28. The van der Waals surface area contributed by atoms with Gasteiger partial charge >= 0.3 is 18.1 Å². The van der Waals surface area contributed by atoms with Crippen LogP contribution in [0.5, 0.6) is 0 Å². The van der Waals surface area contributed by atoms with Crippen LogP contribution in [0.3, 0.4) is 0 Å². The van der Waals surface area contributed by atoms with Crippen LogP contribution in [-0.4, -0.2) is 36.4 Å². The van der Waals surface area contributed by atoms with Crippen LogP contribution in [0.1, 0.15) is 48.5 Å². The van der Waals surface area contributed by atoms with Crippen molar-refractivity contribution < 1.29 is 37.0 Å². The summed E-state index contributed by atoms with van der Waals surface area (Å²) in [5, 5.41) is 0. The normalized spacial score (nSPS) is 32.3. The summed E-state index contributed by atoms with van der Waals surface area (Å²) < 4.78 is 54.7. The number of alkyl halides is 3. The summed E-state index contributed by atoms with van der Waals surface area (Å²) in [5.74, 6) is -1.25. The number of epoxide rings is 1. The van der Waals surface area contributed by atoms with Crippen LogP contribution >= 0.6 is 0 Å². The number of hydrogen-bond donors (Lipinski definition) is 0. The Bertz CT molecular complexity index is 934. The largest absolute Gasteiger partial charge is 0.458 e. The summed E-state index contributed by atoms with van der Waals surface area (Å²) in [6, 6.07) is 3.92. The minimum Gasteiger partial charge on any atom is -0.458 e. The molecule has 4 rings (SSSR count). The second-order valence-corrected chi connectivity index (χ2v) is 8.44. The first-order valence-corrected chi connectivity index (χ1v) is 10.2. The molecule has 31 heavy (non-hydrogen) atoms. The van der Waals surface area contributed by atoms with Gasteiger partial charge in [0.25, 0.3) is 0 Å². The van der Waals surface area contributed by atoms with Crippen molar-refractivity contribution in [3.63, 3.8) is 0 Å². The van der Waals surface area contributed by atoms with Crippen molar-refractivity contribution in [2.45, 2.75) is 56.6 Å². The maximum atomic E-state index is 12.7. The molecular formula is C23H23F3O5. The third-order valence-electron chi connectivity index (χ3n) is 6.28. The second kappa shape index (κ2) is 7.82. The molecule has 1 aliphatic carbocycles. The van der Waals surface area contributed by atoms with Crippen molar-refractivity contribution in [3.8, 4) is 0 Å². The Kier molecular flexibility index (Phi) is 5.45. The molecule has 3 aliphatic rings. The molecular weight excluding hydrogens is 413 g/mol. The Hall–Kier alpha value is -2.61. The van der Waals surface area contributed by atoms with Crippen LogP contribution in [0.4, 0.5) is 13.2 Å². The number of fused-ring (bicyclic) bond motifs is 3. The molecule has 0 N–H and O–H groups in total. The van der Waals surface area contributed by atoms with Crippen molar-refractivity contribution >= 4 is 11.9 Å². The number of rotatable bonds is 3. The number of benzene rings is 1. The van der Waals surface area contributed by atoms with E-state index in [1.165, 1.54) is 0 Å². The summed E-state index contributed by atoms with van der Waals surface area (Å²) in [4.78, 5) is 24.3. The first-order chi connectivity index (χ1) is 14.6. The molecule has 2 saturated heterocycles. The van der Waals surface area contributed by atoms with Gasteiger partial charge in [0, 0.05) is 11.5 Å². The number of allylic oxidation sites excluding steroid dienone is 1. The van der Waals surface area contributed by atoms with E-state index in [0.717, 1.165) is 36.3 Å². The molecule has 1 aromatic carbocycles. The molecule has 2 fully saturated rings. The number of ether oxygens (including phenoxy) is 3. The van der Waals surface area contributed by atoms with Gasteiger partial charge in [0.15, 0.2) is 0 Å². The van der Waals surface area contributed by atoms with Gasteiger partial charge in [0.05, 0.1) is 16.7 Å². The van der Waals surface area contributed by atoms with Crippen molar-refractivity contribution in [2.75, 3.05) is 6.61 Å². The van der Waals surface area contributed by atoms with E-state index in [1.54, 1.807) is 0 Å². The highest BCUT2D eigenvalue weighted by Crippen LogP contribution is 2.49. The molecule has 4 atom stereocenters. The molecule has 0 bridgehead atoms. The van der Waals surface area contributed by atoms with E-state index >= 15 is 0 Å². The Morgan fingerprint density at radius 2 is 2.00 bits per heavy atom. The van der Waals surface area contributed by atoms with Gasteiger partial charge < -0.3 is 14.2 Å². The summed E-state index contributed by atoms with van der Waals surface area (Å²) in [5.41, 5.74) is 0.192. The highest BCUT2D eigenvalue weighted by Gasteiger charge is 2.61. The third kappa shape index (κ3) is 4.39. The number of carbonyl (C=O) groups excluding carboxylic acids is 2. The van der Waals surface area contributed by atoms with Crippen molar-refractivity contribution in [2.24, 2.45) is 5.92 Å². The van der Waals surface area contributed by atoms with E-state index in [0.29, 0.717) is 24.8 Å². The van der Waals surface area contributed by atoms with Crippen molar-refractivity contribution in [3.05, 3.63) is 59.2 Å². The Morgan fingerprint density at radius 1 is 1.29 bits per heavy atom. The van der Waals surface area contributed by atoms with Crippen LogP contribution in [0, 0.1) is 5.92 Å². The smallest absolute Gasteiger partial charge is 0.416 e. The lowest BCUT2D eigenvalue weighted by Gasteiger charge is -2.20. The first kappa shape index (κ1) is 21.6. The van der Waals surface area contributed by atoms with E-state index in [-0.39, 0.29) is 35.9 Å². The standard InChI is InChI=1S/C23H23F3O5/c1-13-17-10-5-14(4-3-11-22(2)19(31-22)18(17)30-20(13)27)12-29-21(28)15-6-8-16(9-7-15)23(24,25)26/h4,6-9,17-19H,1,3,5,10-12H2,2H3/b14-4+/t17-,18-,19-,22+/m0/s1. The topological polar surface area (TPSA) is 65.1 Å². The fraction of sp³-hybridized carbons (Fsp3) is 0.478. The molecule has 2 aliphatic heterocycles. The van der Waals surface area contributed by atoms with E-state index in [4.69, 9.17) is 14.2 Å². The minimum atomic E-state index is -4.46. The van der Waals surface area contributed by atoms with Crippen LogP contribution in [0.15, 0.2) is 48.1 Å². The molecule has 0 saturated carbocycles. The van der Waals surface area contributed by atoms with Gasteiger partial charge in [-0.1, -0.05) is 12.7 Å². The molecule has 1 aromatic rings. The fourth-order valence-corrected chi connectivity index (χ4v) is 4.29. The Labute approximate surface area is 177 Å². The average molecular weight is 436 g/mol. The zero-order chi connectivity index (χ0) is 22.4. The lowest BCUT2D eigenvalue weighted by molar-refractivity contribution is -0.140. The average Bonchev–Trinajstić information content (AvgIpc) is 3.31. The highest BCUT2D eigenvalue weighted by atomic mass is 19.4. The molecule has 0 spiro atoms. The maximum absolute atomic E-state index is 12.7. The zero-order valence-corrected chi connectivity index (χ0v) is 17.0. The van der Waals surface area contributed by atoms with Crippen molar-refractivity contribution in [1.29, 1.82) is 0 Å². The van der Waals surface area contributed by atoms with E-state index in [2.05, 4.69) is 6.58 Å². The number of hydrogen-bond acceptors (Lipinski definition) is 5. The number of esters is 2. The molecule has 166 valence electrons. The summed E-state index contributed by atoms with van der Waals surface area (Å²) in [6.07, 6.45) is -0.294. The Balaban J connectivity index is 1.41. The summed E-state index contributed by atoms with van der Waals surface area (Å²) >= 11 is 0. The second-order valence-electron chi connectivity index (χ2n) is 8.44. The highest BCUT2D eigenvalue weighted by molar-refractivity contribution is 5.91. The molecule has 0 unspecified atom stereocenters. The maximum Gasteiger partial charge on any atom is 0.416 e. The minimum absolute atomic E-state index is 0.0273. The number of halogens is 3. The van der Waals surface area contributed by atoms with Crippen molar-refractivity contribution in [1.82, 2.24) is 0 Å². The van der Waals surface area contributed by atoms with Crippen LogP contribution in [-0.2, 0) is 25.2 Å². The predicted octanol–water partition coefficient (Wildman–Crippen LogP) is 4.62. The SMILES string of the molecule is C=C1C(=O)O[C@H]2[C@H]1CC/C(COC(=O)c1ccc(C(F)(F)F)cc1)=C\CC[C@@]1(C)O[C@@H]21. The number of carbonyl (C=O) groups is 2. The summed E-state index contributed by atoms with van der Waals surface area (Å²) in [6.45, 7) is 5.89. The van der Waals surface area contributed by atoms with Crippen LogP contribution in [0.25, 0.3) is 0 Å². The van der Waals surface area contributed by atoms with E-state index in [1.807, 2.05) is 13.0 Å². The molecule has 0 aromatic heterocycles. The Morgan fingerprint density at radius 3 is 2.68 bits per heavy atom. The fourth-order valence-electron chi connectivity index (χ4n) is 4.29. The summed E-state index contributed by atoms with van der Waals surface area (Å²) in [7, 11) is 0.